The molecule has 3 atom stereocenters. The molecular formula is C27H32N2O5. The van der Waals surface area contributed by atoms with Gasteiger partial charge in [0, 0.05) is 18.4 Å². The Hall–Kier alpha value is -3.35. The average molecular weight is 465 g/mol. The molecule has 2 aromatic carbocycles. The van der Waals surface area contributed by atoms with E-state index >= 15 is 0 Å². The van der Waals surface area contributed by atoms with Gasteiger partial charge >= 0.3 is 12.1 Å². The van der Waals surface area contributed by atoms with Gasteiger partial charge in [-0.1, -0.05) is 68.3 Å². The van der Waals surface area contributed by atoms with Gasteiger partial charge in [0.15, 0.2) is 0 Å². The summed E-state index contributed by atoms with van der Waals surface area (Å²) < 4.78 is 5.59. The maximum atomic E-state index is 12.7. The molecule has 0 bridgehead atoms. The maximum absolute atomic E-state index is 12.7. The first kappa shape index (κ1) is 23.8. The van der Waals surface area contributed by atoms with Crippen molar-refractivity contribution >= 4 is 18.0 Å². The number of ether oxygens (including phenoxy) is 1. The van der Waals surface area contributed by atoms with Crippen LogP contribution in [0.15, 0.2) is 48.5 Å². The van der Waals surface area contributed by atoms with Crippen LogP contribution in [0.1, 0.15) is 56.1 Å². The first-order valence-corrected chi connectivity index (χ1v) is 12.1. The summed E-state index contributed by atoms with van der Waals surface area (Å²) in [6.45, 7) is 2.46. The normalized spacial score (nSPS) is 19.7. The van der Waals surface area contributed by atoms with Crippen molar-refractivity contribution in [2.45, 2.75) is 51.0 Å². The monoisotopic (exact) mass is 464 g/mol. The van der Waals surface area contributed by atoms with Crippen molar-refractivity contribution < 1.29 is 24.2 Å². The number of amides is 2. The summed E-state index contributed by atoms with van der Waals surface area (Å²) >= 11 is 0. The van der Waals surface area contributed by atoms with E-state index in [1.54, 1.807) is 0 Å². The first-order chi connectivity index (χ1) is 16.5. The minimum absolute atomic E-state index is 0.00493. The highest BCUT2D eigenvalue weighted by Gasteiger charge is 2.35. The molecule has 2 aliphatic carbocycles. The van der Waals surface area contributed by atoms with Crippen LogP contribution in [0.3, 0.4) is 0 Å². The largest absolute Gasteiger partial charge is 0.480 e. The molecule has 0 spiro atoms. The molecule has 2 amide bonds. The van der Waals surface area contributed by atoms with Gasteiger partial charge in [-0.3, -0.25) is 4.79 Å². The van der Waals surface area contributed by atoms with E-state index in [1.165, 1.54) is 11.1 Å². The van der Waals surface area contributed by atoms with Gasteiger partial charge in [-0.15, -0.1) is 0 Å². The minimum atomic E-state index is -1.01. The maximum Gasteiger partial charge on any atom is 0.407 e. The summed E-state index contributed by atoms with van der Waals surface area (Å²) in [5.41, 5.74) is 4.66. The number of carboxylic acids is 1. The van der Waals surface area contributed by atoms with E-state index in [1.807, 2.05) is 31.2 Å². The number of rotatable bonds is 9. The summed E-state index contributed by atoms with van der Waals surface area (Å²) in [5.74, 6) is -1.59. The summed E-state index contributed by atoms with van der Waals surface area (Å²) in [6.07, 6.45) is 2.96. The quantitative estimate of drug-likeness (QED) is 0.513. The third kappa shape index (κ3) is 5.08. The molecule has 0 unspecified atom stereocenters. The molecule has 34 heavy (non-hydrogen) atoms. The lowest BCUT2D eigenvalue weighted by Gasteiger charge is -2.22. The molecule has 1 fully saturated rings. The fourth-order valence-electron chi connectivity index (χ4n) is 5.32. The van der Waals surface area contributed by atoms with Crippen LogP contribution in [0.5, 0.6) is 0 Å². The van der Waals surface area contributed by atoms with Crippen molar-refractivity contribution in [3.8, 4) is 11.1 Å². The van der Waals surface area contributed by atoms with E-state index in [0.29, 0.717) is 25.8 Å². The van der Waals surface area contributed by atoms with Crippen molar-refractivity contribution in [3.63, 3.8) is 0 Å². The average Bonchev–Trinajstić information content (AvgIpc) is 3.44. The fourth-order valence-corrected chi connectivity index (χ4v) is 5.32. The molecule has 4 rings (SSSR count). The molecule has 2 aliphatic rings. The number of fused-ring (bicyclic) bond motifs is 3. The number of carboxylic acid groups (broad SMARTS) is 1. The Morgan fingerprint density at radius 2 is 1.68 bits per heavy atom. The highest BCUT2D eigenvalue weighted by Crippen LogP contribution is 2.44. The van der Waals surface area contributed by atoms with Gasteiger partial charge in [-0.2, -0.15) is 0 Å². The van der Waals surface area contributed by atoms with Gasteiger partial charge in [-0.05, 0) is 47.4 Å². The smallest absolute Gasteiger partial charge is 0.407 e. The molecule has 1 saturated carbocycles. The Morgan fingerprint density at radius 3 is 2.29 bits per heavy atom. The van der Waals surface area contributed by atoms with Gasteiger partial charge < -0.3 is 20.5 Å². The molecule has 0 heterocycles. The van der Waals surface area contributed by atoms with Gasteiger partial charge in [0.05, 0.1) is 0 Å². The molecule has 0 radical (unpaired) electrons. The second-order valence-electron chi connectivity index (χ2n) is 9.19. The minimum Gasteiger partial charge on any atom is -0.480 e. The van der Waals surface area contributed by atoms with Gasteiger partial charge in [0.1, 0.15) is 12.6 Å². The van der Waals surface area contributed by atoms with Gasteiger partial charge in [0.25, 0.3) is 0 Å². The summed E-state index contributed by atoms with van der Waals surface area (Å²) in [7, 11) is 0. The lowest BCUT2D eigenvalue weighted by molar-refractivity contribution is -0.142. The van der Waals surface area contributed by atoms with Crippen LogP contribution < -0.4 is 10.6 Å². The van der Waals surface area contributed by atoms with Crippen molar-refractivity contribution in [2.75, 3.05) is 13.2 Å². The second-order valence-corrected chi connectivity index (χ2v) is 9.19. The number of carbonyl (C=O) groups is 3. The zero-order valence-electron chi connectivity index (χ0n) is 19.5. The highest BCUT2D eigenvalue weighted by molar-refractivity contribution is 5.85. The van der Waals surface area contributed by atoms with E-state index in [-0.39, 0.29) is 30.3 Å². The van der Waals surface area contributed by atoms with Crippen molar-refractivity contribution in [1.82, 2.24) is 10.6 Å². The van der Waals surface area contributed by atoms with Crippen LogP contribution in [0.25, 0.3) is 11.1 Å². The van der Waals surface area contributed by atoms with Crippen molar-refractivity contribution in [3.05, 3.63) is 59.7 Å². The van der Waals surface area contributed by atoms with Crippen molar-refractivity contribution in [1.29, 1.82) is 0 Å². The zero-order valence-corrected chi connectivity index (χ0v) is 19.5. The van der Waals surface area contributed by atoms with Crippen LogP contribution in [0.4, 0.5) is 4.79 Å². The van der Waals surface area contributed by atoms with E-state index in [4.69, 9.17) is 4.74 Å². The molecule has 180 valence electrons. The standard InChI is InChI=1S/C27H32N2O5/c1-2-8-24(26(31)32)29-25(30)18-14-7-9-17(18)15-28-27(33)34-16-23-21-12-5-3-10-19(21)20-11-4-6-13-22(20)23/h3-6,10-13,17-18,23-24H,2,7-9,14-16H2,1H3,(H,28,33)(H,29,30)(H,31,32)/t17-,18-,24+/m1/s1. The second kappa shape index (κ2) is 10.7. The number of aliphatic carboxylic acids is 1. The predicted molar refractivity (Wildman–Crippen MR) is 128 cm³/mol. The number of hydrogen-bond acceptors (Lipinski definition) is 4. The fraction of sp³-hybridized carbons (Fsp3) is 0.444. The molecule has 3 N–H and O–H groups in total. The van der Waals surface area contributed by atoms with E-state index in [2.05, 4.69) is 34.9 Å². The van der Waals surface area contributed by atoms with E-state index < -0.39 is 18.1 Å². The number of hydrogen-bond donors (Lipinski definition) is 3. The van der Waals surface area contributed by atoms with E-state index in [9.17, 15) is 19.5 Å². The Kier molecular flexibility index (Phi) is 7.50. The Labute approximate surface area is 199 Å². The van der Waals surface area contributed by atoms with Gasteiger partial charge in [-0.25, -0.2) is 9.59 Å². The highest BCUT2D eigenvalue weighted by atomic mass is 16.5. The SMILES string of the molecule is CCC[C@H](NC(=O)[C@@H]1CCC[C@@H]1CNC(=O)OCC1c2ccccc2-c2ccccc21)C(=O)O. The Balaban J connectivity index is 1.30. The number of carbonyl (C=O) groups excluding carboxylic acids is 2. The lowest BCUT2D eigenvalue weighted by atomic mass is 9.94. The molecule has 0 saturated heterocycles. The number of benzene rings is 2. The predicted octanol–water partition coefficient (Wildman–Crippen LogP) is 4.31. The topological polar surface area (TPSA) is 105 Å². The summed E-state index contributed by atoms with van der Waals surface area (Å²) in [6, 6.07) is 15.5. The molecule has 0 aromatic heterocycles. The molecule has 7 heteroatoms. The van der Waals surface area contributed by atoms with Crippen LogP contribution >= 0.6 is 0 Å². The number of nitrogens with one attached hydrogen (secondary N) is 2. The van der Waals surface area contributed by atoms with Crippen LogP contribution in [0.2, 0.25) is 0 Å². The molecule has 0 aliphatic heterocycles. The molecule has 2 aromatic rings. The van der Waals surface area contributed by atoms with Crippen LogP contribution in [-0.4, -0.2) is 42.3 Å². The number of alkyl carbamates (subject to hydrolysis) is 1. The first-order valence-electron chi connectivity index (χ1n) is 12.1. The van der Waals surface area contributed by atoms with Gasteiger partial charge in [0.2, 0.25) is 5.91 Å². The zero-order chi connectivity index (χ0) is 24.1. The van der Waals surface area contributed by atoms with Crippen LogP contribution in [-0.2, 0) is 14.3 Å². The Bertz CT molecular complexity index is 1010. The van der Waals surface area contributed by atoms with E-state index in [0.717, 1.165) is 24.0 Å². The molecular weight excluding hydrogens is 432 g/mol. The van der Waals surface area contributed by atoms with Crippen molar-refractivity contribution in [2.24, 2.45) is 11.8 Å². The Morgan fingerprint density at radius 1 is 1.03 bits per heavy atom. The van der Waals surface area contributed by atoms with Crippen LogP contribution in [0, 0.1) is 11.8 Å². The lowest BCUT2D eigenvalue weighted by Crippen LogP contribution is -2.45. The third-order valence-corrected chi connectivity index (χ3v) is 7.04. The third-order valence-electron chi connectivity index (χ3n) is 7.04. The summed E-state index contributed by atoms with van der Waals surface area (Å²) in [5, 5.41) is 14.8. The molecule has 7 nitrogen and oxygen atoms in total. The summed E-state index contributed by atoms with van der Waals surface area (Å²) in [4.78, 5) is 36.6.